The number of nitrogens with one attached hydrogen (secondary N) is 1. The van der Waals surface area contributed by atoms with Crippen molar-refractivity contribution in [3.63, 3.8) is 0 Å². The first-order chi connectivity index (χ1) is 7.36. The molecule has 1 rings (SSSR count). The van der Waals surface area contributed by atoms with Crippen molar-refractivity contribution in [2.75, 3.05) is 13.6 Å². The second-order valence-corrected chi connectivity index (χ2v) is 5.46. The number of piperidine rings is 1. The predicted molar refractivity (Wildman–Crippen MR) is 62.9 cm³/mol. The molecule has 0 radical (unpaired) electrons. The fourth-order valence-electron chi connectivity index (χ4n) is 1.98. The zero-order valence-corrected chi connectivity index (χ0v) is 10.7. The molecule has 1 aliphatic rings. The number of nitrogens with zero attached hydrogens (tertiary/aromatic N) is 1. The highest BCUT2D eigenvalue weighted by Crippen LogP contribution is 2.22. The topological polar surface area (TPSA) is 49.4 Å². The molecule has 0 aliphatic carbocycles. The van der Waals surface area contributed by atoms with Gasteiger partial charge in [0, 0.05) is 25.4 Å². The number of amides is 2. The number of carbonyl (C=O) groups is 2. The molecule has 4 heteroatoms. The minimum Gasteiger partial charge on any atom is -0.315 e. The van der Waals surface area contributed by atoms with Crippen molar-refractivity contribution in [1.29, 1.82) is 0 Å². The minimum absolute atomic E-state index is 0.0271. The molecule has 16 heavy (non-hydrogen) atoms. The fourth-order valence-corrected chi connectivity index (χ4v) is 1.98. The van der Waals surface area contributed by atoms with Gasteiger partial charge < -0.3 is 5.32 Å². The summed E-state index contributed by atoms with van der Waals surface area (Å²) in [6.07, 6.45) is 1.71. The molecule has 1 N–H and O–H groups in total. The van der Waals surface area contributed by atoms with Crippen molar-refractivity contribution in [1.82, 2.24) is 10.2 Å². The van der Waals surface area contributed by atoms with Crippen LogP contribution in [0, 0.1) is 5.41 Å². The molecule has 1 saturated heterocycles. The second-order valence-electron chi connectivity index (χ2n) is 5.46. The summed E-state index contributed by atoms with van der Waals surface area (Å²) >= 11 is 0. The third-order valence-electron chi connectivity index (χ3n) is 3.14. The van der Waals surface area contributed by atoms with E-state index in [0.717, 1.165) is 0 Å². The minimum atomic E-state index is -0.0271. The van der Waals surface area contributed by atoms with E-state index in [4.69, 9.17) is 0 Å². The molecule has 0 bridgehead atoms. The Morgan fingerprint density at radius 2 is 1.75 bits per heavy atom. The number of rotatable bonds is 3. The maximum atomic E-state index is 11.7. The molecule has 0 aromatic carbocycles. The summed E-state index contributed by atoms with van der Waals surface area (Å²) in [6.45, 7) is 6.80. The number of hydrogen-bond donors (Lipinski definition) is 1. The van der Waals surface area contributed by atoms with Crippen molar-refractivity contribution in [3.05, 3.63) is 0 Å². The maximum Gasteiger partial charge on any atom is 0.229 e. The van der Waals surface area contributed by atoms with Crippen LogP contribution < -0.4 is 5.32 Å². The third kappa shape index (κ3) is 3.04. The van der Waals surface area contributed by atoms with E-state index >= 15 is 0 Å². The smallest absolute Gasteiger partial charge is 0.229 e. The molecule has 92 valence electrons. The zero-order chi connectivity index (χ0) is 12.3. The van der Waals surface area contributed by atoms with Crippen molar-refractivity contribution < 1.29 is 9.59 Å². The van der Waals surface area contributed by atoms with Crippen molar-refractivity contribution in [3.8, 4) is 0 Å². The van der Waals surface area contributed by atoms with Gasteiger partial charge in [-0.25, -0.2) is 0 Å². The summed E-state index contributed by atoms with van der Waals surface area (Å²) in [5.41, 5.74) is 0.0345. The first-order valence-corrected chi connectivity index (χ1v) is 5.86. The van der Waals surface area contributed by atoms with E-state index in [-0.39, 0.29) is 23.3 Å². The molecule has 0 spiro atoms. The van der Waals surface area contributed by atoms with Gasteiger partial charge in [0.1, 0.15) is 0 Å². The van der Waals surface area contributed by atoms with Crippen molar-refractivity contribution in [2.24, 2.45) is 5.41 Å². The van der Waals surface area contributed by atoms with Crippen LogP contribution in [-0.4, -0.2) is 36.3 Å². The first-order valence-electron chi connectivity index (χ1n) is 5.86. The average Bonchev–Trinajstić information content (AvgIpc) is 2.15. The summed E-state index contributed by atoms with van der Waals surface area (Å²) in [7, 11) is 1.87. The molecular formula is C12H22N2O2. The highest BCUT2D eigenvalue weighted by molar-refractivity contribution is 5.97. The molecular weight excluding hydrogens is 204 g/mol. The predicted octanol–water partition coefficient (Wildman–Crippen LogP) is 1.16. The van der Waals surface area contributed by atoms with E-state index in [2.05, 4.69) is 26.1 Å². The number of imide groups is 1. The largest absolute Gasteiger partial charge is 0.315 e. The van der Waals surface area contributed by atoms with E-state index in [1.165, 1.54) is 4.90 Å². The Hall–Kier alpha value is -0.900. The normalized spacial score (nSPS) is 20.1. The lowest BCUT2D eigenvalue weighted by molar-refractivity contribution is -0.148. The standard InChI is InChI=1S/C12H22N2O2/c1-12(2,3)9(13-4)8-14-10(15)6-5-7-11(14)16/h9,13H,5-8H2,1-4H3. The molecule has 1 unspecified atom stereocenters. The Morgan fingerprint density at radius 1 is 1.25 bits per heavy atom. The van der Waals surface area contributed by atoms with Gasteiger partial charge in [-0.3, -0.25) is 14.5 Å². The van der Waals surface area contributed by atoms with Gasteiger partial charge in [0.25, 0.3) is 0 Å². The highest BCUT2D eigenvalue weighted by atomic mass is 16.2. The maximum absolute atomic E-state index is 11.7. The van der Waals surface area contributed by atoms with Crippen LogP contribution in [0.1, 0.15) is 40.0 Å². The van der Waals surface area contributed by atoms with Crippen LogP contribution in [0.5, 0.6) is 0 Å². The van der Waals surface area contributed by atoms with E-state index < -0.39 is 0 Å². The van der Waals surface area contributed by atoms with Crippen LogP contribution in [0.15, 0.2) is 0 Å². The van der Waals surface area contributed by atoms with Gasteiger partial charge >= 0.3 is 0 Å². The van der Waals surface area contributed by atoms with Crippen LogP contribution in [0.25, 0.3) is 0 Å². The fraction of sp³-hybridized carbons (Fsp3) is 0.833. The van der Waals surface area contributed by atoms with Gasteiger partial charge in [0.2, 0.25) is 11.8 Å². The number of likely N-dealkylation sites (tertiary alicyclic amines) is 1. The van der Waals surface area contributed by atoms with Crippen LogP contribution >= 0.6 is 0 Å². The average molecular weight is 226 g/mol. The van der Waals surface area contributed by atoms with E-state index in [1.807, 2.05) is 7.05 Å². The number of likely N-dealkylation sites (N-methyl/N-ethyl adjacent to an activating group) is 1. The molecule has 1 aliphatic heterocycles. The molecule has 1 fully saturated rings. The van der Waals surface area contributed by atoms with Gasteiger partial charge in [-0.05, 0) is 18.9 Å². The molecule has 0 aromatic rings. The van der Waals surface area contributed by atoms with Crippen LogP contribution in [0.4, 0.5) is 0 Å². The van der Waals surface area contributed by atoms with Crippen LogP contribution in [0.2, 0.25) is 0 Å². The Bertz CT molecular complexity index is 265. The Morgan fingerprint density at radius 3 is 2.12 bits per heavy atom. The zero-order valence-electron chi connectivity index (χ0n) is 10.7. The highest BCUT2D eigenvalue weighted by Gasteiger charge is 2.32. The monoisotopic (exact) mass is 226 g/mol. The lowest BCUT2D eigenvalue weighted by atomic mass is 9.86. The molecule has 1 heterocycles. The quantitative estimate of drug-likeness (QED) is 0.735. The molecule has 0 aromatic heterocycles. The van der Waals surface area contributed by atoms with E-state index in [0.29, 0.717) is 25.8 Å². The van der Waals surface area contributed by atoms with Crippen molar-refractivity contribution >= 4 is 11.8 Å². The molecule has 2 amide bonds. The molecule has 4 nitrogen and oxygen atoms in total. The lowest BCUT2D eigenvalue weighted by Crippen LogP contribution is -2.51. The molecule has 1 atom stereocenters. The van der Waals surface area contributed by atoms with E-state index in [9.17, 15) is 9.59 Å². The summed E-state index contributed by atoms with van der Waals surface area (Å²) in [4.78, 5) is 24.7. The molecule has 0 saturated carbocycles. The van der Waals surface area contributed by atoms with Gasteiger partial charge in [-0.2, -0.15) is 0 Å². The Labute approximate surface area is 97.4 Å². The van der Waals surface area contributed by atoms with E-state index in [1.54, 1.807) is 0 Å². The second kappa shape index (κ2) is 4.95. The van der Waals surface area contributed by atoms with Crippen LogP contribution in [0.3, 0.4) is 0 Å². The van der Waals surface area contributed by atoms with Gasteiger partial charge in [-0.1, -0.05) is 20.8 Å². The van der Waals surface area contributed by atoms with Gasteiger partial charge in [-0.15, -0.1) is 0 Å². The Kier molecular flexibility index (Phi) is 4.08. The summed E-state index contributed by atoms with van der Waals surface area (Å²) in [5.74, 6) is -0.0542. The Balaban J connectivity index is 2.70. The van der Waals surface area contributed by atoms with Gasteiger partial charge in [0.15, 0.2) is 0 Å². The summed E-state index contributed by atoms with van der Waals surface area (Å²) in [5, 5.41) is 3.18. The first kappa shape index (κ1) is 13.2. The lowest BCUT2D eigenvalue weighted by Gasteiger charge is -2.35. The summed E-state index contributed by atoms with van der Waals surface area (Å²) < 4.78 is 0. The van der Waals surface area contributed by atoms with Crippen LogP contribution in [-0.2, 0) is 9.59 Å². The SMILES string of the molecule is CNC(CN1C(=O)CCCC1=O)C(C)(C)C. The summed E-state index contributed by atoms with van der Waals surface area (Å²) in [6, 6.07) is 0.137. The van der Waals surface area contributed by atoms with Crippen molar-refractivity contribution in [2.45, 2.75) is 46.1 Å². The number of carbonyl (C=O) groups excluding carboxylic acids is 2. The van der Waals surface area contributed by atoms with Gasteiger partial charge in [0.05, 0.1) is 0 Å². The number of hydrogen-bond acceptors (Lipinski definition) is 3. The third-order valence-corrected chi connectivity index (χ3v) is 3.14.